The molecule has 0 saturated carbocycles. The van der Waals surface area contributed by atoms with E-state index in [-0.39, 0.29) is 19.4 Å². The van der Waals surface area contributed by atoms with E-state index in [9.17, 15) is 0 Å². The molecule has 5 aromatic rings. The minimum Gasteiger partial charge on any atom is -0.369 e. The third kappa shape index (κ3) is 4.32. The van der Waals surface area contributed by atoms with Crippen LogP contribution in [0.5, 0.6) is 0 Å². The first kappa shape index (κ1) is 20.7. The maximum atomic E-state index is 4.51. The van der Waals surface area contributed by atoms with Gasteiger partial charge in [-0.1, -0.05) is 19.1 Å². The topological polar surface area (TPSA) is 76.5 Å². The first-order valence-electron chi connectivity index (χ1n) is 9.88. The van der Waals surface area contributed by atoms with Crippen LogP contribution in [0.2, 0.25) is 0 Å². The summed E-state index contributed by atoms with van der Waals surface area (Å²) >= 11 is 0. The average Bonchev–Trinajstić information content (AvgIpc) is 2.82. The largest absolute Gasteiger partial charge is 0.369 e. The lowest BCUT2D eigenvalue weighted by molar-refractivity contribution is 0.804. The maximum Gasteiger partial charge on any atom is 0.129 e. The van der Waals surface area contributed by atoms with Crippen LogP contribution in [0.25, 0.3) is 33.2 Å². The van der Waals surface area contributed by atoms with Crippen molar-refractivity contribution in [3.05, 3.63) is 85.1 Å². The highest BCUT2D eigenvalue weighted by molar-refractivity contribution is 7.59. The molecule has 4 heterocycles. The molecule has 1 aromatic carbocycles. The highest BCUT2D eigenvalue weighted by Gasteiger charge is 2.12. The Morgan fingerprint density at radius 3 is 2.58 bits per heavy atom. The normalized spacial score (nSPS) is 11.8. The Kier molecular flexibility index (Phi) is 6.04. The molecule has 0 fully saturated rings. The number of nitrogens with zero attached hydrogens (tertiary/aromatic N) is 5. The number of hydrogen-bond acceptors (Lipinski definition) is 6. The van der Waals surface area contributed by atoms with Gasteiger partial charge in [-0.25, -0.2) is 9.97 Å². The van der Waals surface area contributed by atoms with Gasteiger partial charge < -0.3 is 5.32 Å². The van der Waals surface area contributed by atoms with Gasteiger partial charge in [0, 0.05) is 48.1 Å². The van der Waals surface area contributed by atoms with Gasteiger partial charge in [-0.2, -0.15) is 13.5 Å². The van der Waals surface area contributed by atoms with E-state index in [1.54, 1.807) is 12.5 Å². The molecular weight excluding hydrogens is 404 g/mol. The van der Waals surface area contributed by atoms with Gasteiger partial charge in [0.05, 0.1) is 22.2 Å². The molecule has 7 heteroatoms. The van der Waals surface area contributed by atoms with Crippen molar-refractivity contribution in [3.8, 4) is 11.3 Å². The Balaban J connectivity index is 0.00000231. The third-order valence-corrected chi connectivity index (χ3v) is 5.21. The minimum absolute atomic E-state index is 0. The van der Waals surface area contributed by atoms with Crippen LogP contribution in [-0.4, -0.2) is 31.5 Å². The van der Waals surface area contributed by atoms with Crippen molar-refractivity contribution in [2.45, 2.75) is 12.8 Å². The van der Waals surface area contributed by atoms with Gasteiger partial charge in [0.2, 0.25) is 0 Å². The van der Waals surface area contributed by atoms with Crippen LogP contribution in [0, 0.1) is 0 Å². The number of anilines is 1. The second kappa shape index (κ2) is 9.06. The Labute approximate surface area is 187 Å². The number of hydrogen-bond donors (Lipinski definition) is 1. The fourth-order valence-corrected chi connectivity index (χ4v) is 3.61. The van der Waals surface area contributed by atoms with E-state index in [0.29, 0.717) is 0 Å². The Bertz CT molecular complexity index is 1330. The molecule has 6 nitrogen and oxygen atoms in total. The Morgan fingerprint density at radius 2 is 1.65 bits per heavy atom. The van der Waals surface area contributed by atoms with Crippen molar-refractivity contribution in [1.29, 1.82) is 0 Å². The number of rotatable bonds is 5. The standard InChI is InChI=1S/C24H20N6.H2S/c1-16(19-8-11-26-21-5-3-10-27-24(19)21)14-28-23-13-22(29-15-30-23)18-6-7-20-17(12-18)4-2-9-25-20;/h2-13,15-16H,14H2,1H3,(H,28,29,30);1H2/t16-;/m1./s1. The fraction of sp³-hybridized carbons (Fsp3) is 0.125. The molecule has 0 amide bonds. The molecule has 1 atom stereocenters. The van der Waals surface area contributed by atoms with E-state index in [2.05, 4.69) is 49.3 Å². The van der Waals surface area contributed by atoms with Crippen molar-refractivity contribution >= 4 is 41.2 Å². The lowest BCUT2D eigenvalue weighted by atomic mass is 10.0. The lowest BCUT2D eigenvalue weighted by Gasteiger charge is -2.15. The zero-order valence-corrected chi connectivity index (χ0v) is 18.0. The van der Waals surface area contributed by atoms with Crippen LogP contribution < -0.4 is 5.32 Å². The summed E-state index contributed by atoms with van der Waals surface area (Å²) < 4.78 is 0. The van der Waals surface area contributed by atoms with Gasteiger partial charge in [-0.3, -0.25) is 15.0 Å². The van der Waals surface area contributed by atoms with Gasteiger partial charge in [0.15, 0.2) is 0 Å². The molecular formula is C24H22N6S. The predicted octanol–water partition coefficient (Wildman–Crippen LogP) is 4.96. The number of pyridine rings is 3. The van der Waals surface area contributed by atoms with Crippen LogP contribution in [-0.2, 0) is 0 Å². The van der Waals surface area contributed by atoms with Crippen LogP contribution in [0.15, 0.2) is 79.5 Å². The summed E-state index contributed by atoms with van der Waals surface area (Å²) in [5.41, 5.74) is 5.92. The summed E-state index contributed by atoms with van der Waals surface area (Å²) in [6, 6.07) is 18.1. The summed E-state index contributed by atoms with van der Waals surface area (Å²) in [4.78, 5) is 22.1. The molecule has 154 valence electrons. The zero-order valence-electron chi connectivity index (χ0n) is 17.0. The first-order valence-corrected chi connectivity index (χ1v) is 9.88. The second-order valence-electron chi connectivity index (χ2n) is 7.25. The third-order valence-electron chi connectivity index (χ3n) is 5.21. The molecule has 31 heavy (non-hydrogen) atoms. The van der Waals surface area contributed by atoms with Crippen LogP contribution >= 0.6 is 13.5 Å². The molecule has 0 aliphatic rings. The smallest absolute Gasteiger partial charge is 0.129 e. The van der Waals surface area contributed by atoms with Gasteiger partial charge in [0.25, 0.3) is 0 Å². The molecule has 1 N–H and O–H groups in total. The highest BCUT2D eigenvalue weighted by atomic mass is 32.1. The van der Waals surface area contributed by atoms with Crippen molar-refractivity contribution in [2.24, 2.45) is 0 Å². The molecule has 0 spiro atoms. The van der Waals surface area contributed by atoms with Gasteiger partial charge >= 0.3 is 0 Å². The van der Waals surface area contributed by atoms with Gasteiger partial charge in [-0.15, -0.1) is 0 Å². The van der Waals surface area contributed by atoms with E-state index in [1.807, 2.05) is 54.9 Å². The van der Waals surface area contributed by atoms with Crippen molar-refractivity contribution < 1.29 is 0 Å². The van der Waals surface area contributed by atoms with E-state index in [4.69, 9.17) is 0 Å². The molecule has 0 unspecified atom stereocenters. The molecule has 0 bridgehead atoms. The summed E-state index contributed by atoms with van der Waals surface area (Å²) in [7, 11) is 0. The lowest BCUT2D eigenvalue weighted by Crippen LogP contribution is -2.12. The van der Waals surface area contributed by atoms with E-state index in [1.165, 1.54) is 5.56 Å². The molecule has 5 rings (SSSR count). The maximum absolute atomic E-state index is 4.51. The number of benzene rings is 1. The molecule has 0 saturated heterocycles. The number of fused-ring (bicyclic) bond motifs is 2. The zero-order chi connectivity index (χ0) is 20.3. The molecule has 0 aliphatic heterocycles. The van der Waals surface area contributed by atoms with E-state index >= 15 is 0 Å². The SMILES string of the molecule is C[C@H](CNc1cc(-c2ccc3ncccc3c2)ncn1)c1ccnc2cccnc12.S. The number of aromatic nitrogens is 5. The van der Waals surface area contributed by atoms with Gasteiger partial charge in [-0.05, 0) is 42.0 Å². The summed E-state index contributed by atoms with van der Waals surface area (Å²) in [5.74, 6) is 1.04. The Morgan fingerprint density at radius 1 is 0.806 bits per heavy atom. The molecule has 0 aliphatic carbocycles. The molecule has 0 radical (unpaired) electrons. The van der Waals surface area contributed by atoms with Crippen LogP contribution in [0.3, 0.4) is 0 Å². The summed E-state index contributed by atoms with van der Waals surface area (Å²) in [5, 5.41) is 4.53. The monoisotopic (exact) mass is 426 g/mol. The first-order chi connectivity index (χ1) is 14.8. The van der Waals surface area contributed by atoms with Crippen molar-refractivity contribution in [3.63, 3.8) is 0 Å². The van der Waals surface area contributed by atoms with Crippen molar-refractivity contribution in [2.75, 3.05) is 11.9 Å². The van der Waals surface area contributed by atoms with Gasteiger partial charge in [0.1, 0.15) is 12.1 Å². The minimum atomic E-state index is 0. The van der Waals surface area contributed by atoms with E-state index in [0.717, 1.165) is 45.6 Å². The Hall–Kier alpha value is -3.58. The van der Waals surface area contributed by atoms with Crippen LogP contribution in [0.1, 0.15) is 18.4 Å². The predicted molar refractivity (Wildman–Crippen MR) is 130 cm³/mol. The van der Waals surface area contributed by atoms with E-state index < -0.39 is 0 Å². The quantitative estimate of drug-likeness (QED) is 0.428. The number of nitrogens with one attached hydrogen (secondary N) is 1. The van der Waals surface area contributed by atoms with Crippen LogP contribution in [0.4, 0.5) is 5.82 Å². The fourth-order valence-electron chi connectivity index (χ4n) is 3.61. The second-order valence-corrected chi connectivity index (χ2v) is 7.25. The molecule has 4 aromatic heterocycles. The average molecular weight is 427 g/mol. The van der Waals surface area contributed by atoms with Crippen molar-refractivity contribution in [1.82, 2.24) is 24.9 Å². The highest BCUT2D eigenvalue weighted by Crippen LogP contribution is 2.25. The summed E-state index contributed by atoms with van der Waals surface area (Å²) in [6.07, 6.45) is 7.05. The summed E-state index contributed by atoms with van der Waals surface area (Å²) in [6.45, 7) is 2.91.